The third-order valence-electron chi connectivity index (χ3n) is 3.13. The number of phenolic OH excluding ortho intramolecular Hbond substituents is 1. The first kappa shape index (κ1) is 11.7. The lowest BCUT2D eigenvalue weighted by molar-refractivity contribution is -0.383. The van der Waals surface area contributed by atoms with Gasteiger partial charge in [0.15, 0.2) is 6.23 Å². The van der Waals surface area contributed by atoms with E-state index in [2.05, 4.69) is 5.32 Å². The number of rotatable bonds is 3. The maximum atomic E-state index is 11.0. The molecule has 1 fully saturated rings. The quantitative estimate of drug-likeness (QED) is 0.503. The first-order chi connectivity index (χ1) is 9.04. The van der Waals surface area contributed by atoms with Crippen LogP contribution in [0.2, 0.25) is 0 Å². The molecule has 98 valence electrons. The van der Waals surface area contributed by atoms with Crippen molar-refractivity contribution >= 4 is 22.1 Å². The molecule has 1 aliphatic rings. The molecule has 2 N–H and O–H groups in total. The van der Waals surface area contributed by atoms with Crippen LogP contribution in [0.25, 0.3) is 10.8 Å². The van der Waals surface area contributed by atoms with Gasteiger partial charge in [-0.3, -0.25) is 10.1 Å². The maximum absolute atomic E-state index is 11.0. The highest BCUT2D eigenvalue weighted by Gasteiger charge is 2.34. The minimum absolute atomic E-state index is 0.0337. The third-order valence-corrected chi connectivity index (χ3v) is 3.13. The molecular weight excluding hydrogens is 248 g/mol. The molecule has 0 bridgehead atoms. The topological polar surface area (TPSA) is 87.9 Å². The minimum Gasteiger partial charge on any atom is -0.508 e. The van der Waals surface area contributed by atoms with Gasteiger partial charge in [-0.2, -0.15) is 0 Å². The molecule has 0 aliphatic carbocycles. The zero-order chi connectivity index (χ0) is 13.6. The third kappa shape index (κ3) is 2.17. The van der Waals surface area contributed by atoms with E-state index in [4.69, 9.17) is 4.74 Å². The van der Waals surface area contributed by atoms with E-state index in [0.717, 1.165) is 11.8 Å². The summed E-state index contributed by atoms with van der Waals surface area (Å²) in [5, 5.41) is 24.7. The maximum Gasteiger partial charge on any atom is 0.280 e. The molecule has 0 aromatic heterocycles. The Kier molecular flexibility index (Phi) is 2.53. The Morgan fingerprint density at radius 2 is 2.11 bits per heavy atom. The lowest BCUT2D eigenvalue weighted by atomic mass is 10.1. The predicted molar refractivity (Wildman–Crippen MR) is 70.2 cm³/mol. The smallest absolute Gasteiger partial charge is 0.280 e. The molecule has 2 atom stereocenters. The number of nitrogens with one attached hydrogen (secondary N) is 1. The fourth-order valence-corrected chi connectivity index (χ4v) is 2.07. The van der Waals surface area contributed by atoms with Crippen molar-refractivity contribution in [3.63, 3.8) is 0 Å². The number of hydrogen-bond donors (Lipinski definition) is 2. The second kappa shape index (κ2) is 4.10. The molecule has 19 heavy (non-hydrogen) atoms. The summed E-state index contributed by atoms with van der Waals surface area (Å²) in [6.45, 7) is 1.94. The number of phenols is 1. The Morgan fingerprint density at radius 1 is 1.37 bits per heavy atom. The van der Waals surface area contributed by atoms with Crippen molar-refractivity contribution in [3.05, 3.63) is 40.4 Å². The van der Waals surface area contributed by atoms with Gasteiger partial charge in [0.1, 0.15) is 11.9 Å². The van der Waals surface area contributed by atoms with Gasteiger partial charge in [0.2, 0.25) is 0 Å². The highest BCUT2D eigenvalue weighted by Crippen LogP contribution is 2.33. The van der Waals surface area contributed by atoms with Crippen molar-refractivity contribution in [3.8, 4) is 5.75 Å². The van der Waals surface area contributed by atoms with Crippen LogP contribution < -0.4 is 5.32 Å². The first-order valence-electron chi connectivity index (χ1n) is 5.88. The second-order valence-electron chi connectivity index (χ2n) is 4.56. The van der Waals surface area contributed by atoms with E-state index in [1.54, 1.807) is 18.2 Å². The van der Waals surface area contributed by atoms with E-state index in [1.165, 1.54) is 6.07 Å². The Morgan fingerprint density at radius 3 is 2.74 bits per heavy atom. The fourth-order valence-electron chi connectivity index (χ4n) is 2.07. The molecule has 0 spiro atoms. The van der Waals surface area contributed by atoms with Crippen LogP contribution in [0.3, 0.4) is 0 Å². The largest absolute Gasteiger partial charge is 0.508 e. The summed E-state index contributed by atoms with van der Waals surface area (Å²) < 4.78 is 5.24. The molecule has 6 heteroatoms. The number of benzene rings is 2. The first-order valence-corrected chi connectivity index (χ1v) is 5.88. The van der Waals surface area contributed by atoms with Crippen LogP contribution in [0.1, 0.15) is 6.92 Å². The van der Waals surface area contributed by atoms with E-state index < -0.39 is 4.92 Å². The van der Waals surface area contributed by atoms with Crippen LogP contribution in [-0.2, 0) is 4.74 Å². The molecule has 3 rings (SSSR count). The van der Waals surface area contributed by atoms with Crippen LogP contribution in [0.4, 0.5) is 11.4 Å². The van der Waals surface area contributed by atoms with Crippen LogP contribution >= 0.6 is 0 Å². The number of nitro benzene ring substituents is 1. The van der Waals surface area contributed by atoms with Crippen molar-refractivity contribution in [1.82, 2.24) is 0 Å². The molecule has 1 heterocycles. The Hall–Kier alpha value is -2.34. The number of fused-ring (bicyclic) bond motifs is 1. The molecule has 1 aliphatic heterocycles. The highest BCUT2D eigenvalue weighted by atomic mass is 16.6. The fraction of sp³-hybridized carbons (Fsp3) is 0.231. The van der Waals surface area contributed by atoms with Crippen LogP contribution in [0.15, 0.2) is 30.3 Å². The number of non-ortho nitro benzene ring substituents is 1. The van der Waals surface area contributed by atoms with E-state index in [-0.39, 0.29) is 23.8 Å². The van der Waals surface area contributed by atoms with E-state index in [0.29, 0.717) is 10.8 Å². The van der Waals surface area contributed by atoms with Crippen molar-refractivity contribution in [1.29, 1.82) is 0 Å². The van der Waals surface area contributed by atoms with Crippen LogP contribution in [0.5, 0.6) is 5.75 Å². The molecular formula is C13H12N2O4. The summed E-state index contributed by atoms with van der Waals surface area (Å²) >= 11 is 0. The van der Waals surface area contributed by atoms with Crippen molar-refractivity contribution in [2.45, 2.75) is 19.3 Å². The molecule has 0 saturated carbocycles. The number of aromatic hydroxyl groups is 1. The number of epoxide rings is 1. The number of nitro groups is 1. The van der Waals surface area contributed by atoms with Gasteiger partial charge in [-0.1, -0.05) is 6.07 Å². The summed E-state index contributed by atoms with van der Waals surface area (Å²) in [6, 6.07) is 7.89. The summed E-state index contributed by atoms with van der Waals surface area (Å²) in [7, 11) is 0. The number of nitrogens with zero attached hydrogens (tertiary/aromatic N) is 1. The number of anilines is 1. The molecule has 2 aromatic rings. The van der Waals surface area contributed by atoms with E-state index >= 15 is 0 Å². The molecule has 0 radical (unpaired) electrons. The normalized spacial score (nSPS) is 21.3. The van der Waals surface area contributed by atoms with Gasteiger partial charge in [-0.05, 0) is 30.5 Å². The second-order valence-corrected chi connectivity index (χ2v) is 4.56. The van der Waals surface area contributed by atoms with Gasteiger partial charge in [0.05, 0.1) is 16.4 Å². The van der Waals surface area contributed by atoms with Gasteiger partial charge in [-0.15, -0.1) is 0 Å². The zero-order valence-electron chi connectivity index (χ0n) is 10.2. The van der Waals surface area contributed by atoms with Crippen molar-refractivity contribution < 1.29 is 14.8 Å². The number of hydrogen-bond acceptors (Lipinski definition) is 5. The Bertz CT molecular complexity index is 671. The van der Waals surface area contributed by atoms with Gasteiger partial charge in [0.25, 0.3) is 5.69 Å². The molecule has 2 aromatic carbocycles. The van der Waals surface area contributed by atoms with Gasteiger partial charge >= 0.3 is 0 Å². The summed E-state index contributed by atoms with van der Waals surface area (Å²) in [4.78, 5) is 10.5. The molecule has 0 amide bonds. The SMILES string of the molecule is CC1OC1Nc1ccc2cc(O)cc([N+](=O)[O-])c2c1. The number of ether oxygens (including phenoxy) is 1. The van der Waals surface area contributed by atoms with E-state index in [1.807, 2.05) is 6.92 Å². The lowest BCUT2D eigenvalue weighted by Crippen LogP contribution is -2.05. The summed E-state index contributed by atoms with van der Waals surface area (Å²) in [5.41, 5.74) is 0.652. The van der Waals surface area contributed by atoms with Crippen molar-refractivity contribution in [2.75, 3.05) is 5.32 Å². The predicted octanol–water partition coefficient (Wildman–Crippen LogP) is 2.61. The van der Waals surface area contributed by atoms with Gasteiger partial charge < -0.3 is 15.2 Å². The standard InChI is InChI=1S/C13H12N2O4/c1-7-13(19-7)14-9-3-2-8-4-10(16)6-12(15(17)18)11(8)5-9/h2-7,13-14,16H,1H3. The molecule has 1 saturated heterocycles. The van der Waals surface area contributed by atoms with Gasteiger partial charge in [0, 0.05) is 5.69 Å². The average Bonchev–Trinajstić information content (AvgIpc) is 3.04. The van der Waals surface area contributed by atoms with Crippen LogP contribution in [0, 0.1) is 10.1 Å². The highest BCUT2D eigenvalue weighted by molar-refractivity contribution is 5.94. The van der Waals surface area contributed by atoms with Crippen LogP contribution in [-0.4, -0.2) is 22.4 Å². The van der Waals surface area contributed by atoms with E-state index in [9.17, 15) is 15.2 Å². The zero-order valence-corrected chi connectivity index (χ0v) is 10.2. The summed E-state index contributed by atoms with van der Waals surface area (Å²) in [5.74, 6) is -0.112. The monoisotopic (exact) mass is 260 g/mol. The minimum atomic E-state index is -0.498. The average molecular weight is 260 g/mol. The Balaban J connectivity index is 2.07. The molecule has 6 nitrogen and oxygen atoms in total. The summed E-state index contributed by atoms with van der Waals surface area (Å²) in [6.07, 6.45) is 0.124. The Labute approximate surface area is 108 Å². The lowest BCUT2D eigenvalue weighted by Gasteiger charge is -2.06. The van der Waals surface area contributed by atoms with Gasteiger partial charge in [-0.25, -0.2) is 0 Å². The van der Waals surface area contributed by atoms with Crippen molar-refractivity contribution in [2.24, 2.45) is 0 Å². The molecule has 2 unspecified atom stereocenters.